The number of carboxylic acids is 1. The molecule has 4 rings (SSSR count). The Balaban J connectivity index is 1.67. The molecule has 0 spiro atoms. The van der Waals surface area contributed by atoms with E-state index in [4.69, 9.17) is 11.6 Å². The number of carbonyl (C=O) groups excluding carboxylic acids is 1. The lowest BCUT2D eigenvalue weighted by Crippen LogP contribution is -2.59. The van der Waals surface area contributed by atoms with Crippen molar-refractivity contribution in [2.45, 2.75) is 29.7 Å². The minimum atomic E-state index is -4.33. The second-order valence-electron chi connectivity index (χ2n) is 8.15. The number of nitrogens with zero attached hydrogens (tertiary/aromatic N) is 1. The molecule has 0 bridgehead atoms. The molecule has 1 fully saturated rings. The molecule has 1 atom stereocenters. The molecule has 1 aliphatic heterocycles. The Morgan fingerprint density at radius 1 is 1.03 bits per heavy atom. The fraction of sp³-hybridized carbons (Fsp3) is 0.250. The molecule has 2 aromatic rings. The van der Waals surface area contributed by atoms with E-state index in [1.807, 2.05) is 30.3 Å². The highest BCUT2D eigenvalue weighted by Crippen LogP contribution is 2.35. The van der Waals surface area contributed by atoms with Crippen LogP contribution in [0.15, 0.2) is 78.9 Å². The molecule has 0 radical (unpaired) electrons. The van der Waals surface area contributed by atoms with E-state index >= 15 is 0 Å². The maximum Gasteiger partial charge on any atom is 0.322 e. The number of sulfonamides is 1. The minimum Gasteiger partial charge on any atom is -0.480 e. The summed E-state index contributed by atoms with van der Waals surface area (Å²) < 4.78 is 28.6. The van der Waals surface area contributed by atoms with Gasteiger partial charge in [-0.3, -0.25) is 4.79 Å². The van der Waals surface area contributed by atoms with E-state index < -0.39 is 32.9 Å². The molecule has 34 heavy (non-hydrogen) atoms. The Hall–Kier alpha value is -3.14. The van der Waals surface area contributed by atoms with E-state index in [2.05, 4.69) is 10.6 Å². The molecule has 3 N–H and O–H groups in total. The molecule has 1 heterocycles. The summed E-state index contributed by atoms with van der Waals surface area (Å²) in [7, 11) is -4.33. The summed E-state index contributed by atoms with van der Waals surface area (Å²) in [6.07, 6.45) is 6.85. The van der Waals surface area contributed by atoms with Crippen LogP contribution in [0.5, 0.6) is 0 Å². The van der Waals surface area contributed by atoms with Crippen LogP contribution in [0.25, 0.3) is 0 Å². The third-order valence-corrected chi connectivity index (χ3v) is 8.46. The zero-order valence-corrected chi connectivity index (χ0v) is 19.7. The molecule has 1 aliphatic carbocycles. The Morgan fingerprint density at radius 3 is 2.29 bits per heavy atom. The van der Waals surface area contributed by atoms with Gasteiger partial charge in [-0.25, -0.2) is 13.2 Å². The number of halogens is 1. The molecule has 2 aromatic carbocycles. The first-order chi connectivity index (χ1) is 16.2. The molecule has 2 aliphatic rings. The van der Waals surface area contributed by atoms with Crippen LogP contribution in [0.2, 0.25) is 5.02 Å². The first-order valence-corrected chi connectivity index (χ1v) is 12.6. The van der Waals surface area contributed by atoms with Gasteiger partial charge in [-0.15, -0.1) is 0 Å². The average molecular weight is 502 g/mol. The van der Waals surface area contributed by atoms with Crippen molar-refractivity contribution in [3.63, 3.8) is 0 Å². The number of carboxylic acid groups (broad SMARTS) is 1. The van der Waals surface area contributed by atoms with Crippen LogP contribution in [0.3, 0.4) is 0 Å². The van der Waals surface area contributed by atoms with Crippen LogP contribution in [0.4, 0.5) is 10.5 Å². The van der Waals surface area contributed by atoms with E-state index in [9.17, 15) is 23.1 Å². The van der Waals surface area contributed by atoms with Crippen LogP contribution < -0.4 is 10.6 Å². The van der Waals surface area contributed by atoms with Gasteiger partial charge in [0.2, 0.25) is 10.0 Å². The van der Waals surface area contributed by atoms with Gasteiger partial charge in [0.05, 0.1) is 0 Å². The zero-order chi connectivity index (χ0) is 24.3. The van der Waals surface area contributed by atoms with Crippen LogP contribution in [0.1, 0.15) is 24.3 Å². The first-order valence-electron chi connectivity index (χ1n) is 10.7. The van der Waals surface area contributed by atoms with Gasteiger partial charge in [0.25, 0.3) is 0 Å². The van der Waals surface area contributed by atoms with Crippen molar-refractivity contribution < 1.29 is 23.1 Å². The Labute approximate surface area is 203 Å². The SMILES string of the molecule is O=C(Nc1ccc(Cl)cc1)NC1(S(=O)(=O)N2CCC[C@H]2C(=O)O)C=CC(c2ccccc2)C=C1. The number of urea groups is 1. The molecule has 0 unspecified atom stereocenters. The summed E-state index contributed by atoms with van der Waals surface area (Å²) in [5.74, 6) is -1.41. The van der Waals surface area contributed by atoms with Crippen LogP contribution in [-0.4, -0.2) is 47.3 Å². The maximum atomic E-state index is 13.8. The summed E-state index contributed by atoms with van der Waals surface area (Å²) in [4.78, 5) is 22.6. The molecule has 0 aromatic heterocycles. The van der Waals surface area contributed by atoms with Crippen molar-refractivity contribution in [2.75, 3.05) is 11.9 Å². The van der Waals surface area contributed by atoms with E-state index in [0.717, 1.165) is 9.87 Å². The molecular formula is C24H24ClN3O5S. The summed E-state index contributed by atoms with van der Waals surface area (Å²) in [6, 6.07) is 13.9. The van der Waals surface area contributed by atoms with E-state index in [1.165, 1.54) is 12.2 Å². The van der Waals surface area contributed by atoms with Crippen LogP contribution in [-0.2, 0) is 14.8 Å². The predicted octanol–water partition coefficient (Wildman–Crippen LogP) is 3.95. The van der Waals surface area contributed by atoms with E-state index in [1.54, 1.807) is 36.4 Å². The molecule has 2 amide bonds. The molecule has 8 nitrogen and oxygen atoms in total. The predicted molar refractivity (Wildman–Crippen MR) is 130 cm³/mol. The standard InChI is InChI=1S/C24H24ClN3O5S/c25-19-8-10-20(11-9-19)26-23(31)27-24(34(32,33)28-16-4-7-21(28)22(29)30)14-12-18(13-15-24)17-5-2-1-3-6-17/h1-3,5-6,8-15,18,21H,4,7,16H2,(H,29,30)(H2,26,27,31)/t18?,21-,24?/m0/s1. The Morgan fingerprint density at radius 2 is 1.68 bits per heavy atom. The number of benzene rings is 2. The number of anilines is 1. The van der Waals surface area contributed by atoms with Gasteiger partial charge >= 0.3 is 12.0 Å². The molecule has 1 saturated heterocycles. The number of amides is 2. The normalized spacial score (nSPS) is 24.6. The highest BCUT2D eigenvalue weighted by molar-refractivity contribution is 7.91. The average Bonchev–Trinajstić information content (AvgIpc) is 3.33. The second-order valence-corrected chi connectivity index (χ2v) is 10.7. The van der Waals surface area contributed by atoms with Gasteiger partial charge in [0, 0.05) is 23.2 Å². The topological polar surface area (TPSA) is 116 Å². The fourth-order valence-electron chi connectivity index (χ4n) is 4.17. The third kappa shape index (κ3) is 4.72. The number of allylic oxidation sites excluding steroid dienone is 2. The maximum absolute atomic E-state index is 13.8. The van der Waals surface area contributed by atoms with Gasteiger partial charge in [0.1, 0.15) is 6.04 Å². The van der Waals surface area contributed by atoms with Gasteiger partial charge in [0.15, 0.2) is 4.87 Å². The molecule has 0 saturated carbocycles. The molecule has 178 valence electrons. The Kier molecular flexibility index (Phi) is 6.79. The van der Waals surface area contributed by atoms with Crippen molar-refractivity contribution in [3.8, 4) is 0 Å². The molecule has 10 heteroatoms. The van der Waals surface area contributed by atoms with Crippen molar-refractivity contribution in [1.29, 1.82) is 0 Å². The lowest BCUT2D eigenvalue weighted by Gasteiger charge is -2.36. The molecular weight excluding hydrogens is 478 g/mol. The van der Waals surface area contributed by atoms with Crippen LogP contribution >= 0.6 is 11.6 Å². The number of carbonyl (C=O) groups is 2. The number of aliphatic carboxylic acids is 1. The van der Waals surface area contributed by atoms with Gasteiger partial charge in [-0.2, -0.15) is 4.31 Å². The lowest BCUT2D eigenvalue weighted by molar-refractivity contribution is -0.140. The van der Waals surface area contributed by atoms with E-state index in [0.29, 0.717) is 17.1 Å². The van der Waals surface area contributed by atoms with Crippen molar-refractivity contribution >= 4 is 39.3 Å². The fourth-order valence-corrected chi connectivity index (χ4v) is 6.31. The number of nitrogens with one attached hydrogen (secondary N) is 2. The highest BCUT2D eigenvalue weighted by atomic mass is 35.5. The van der Waals surface area contributed by atoms with E-state index in [-0.39, 0.29) is 18.9 Å². The summed E-state index contributed by atoms with van der Waals surface area (Å²) in [5, 5.41) is 15.2. The monoisotopic (exact) mass is 501 g/mol. The van der Waals surface area contributed by atoms with Crippen molar-refractivity contribution in [2.24, 2.45) is 0 Å². The van der Waals surface area contributed by atoms with Crippen LogP contribution in [0, 0.1) is 0 Å². The quantitative estimate of drug-likeness (QED) is 0.518. The zero-order valence-electron chi connectivity index (χ0n) is 18.1. The minimum absolute atomic E-state index is 0.0608. The number of hydrogen-bond acceptors (Lipinski definition) is 4. The smallest absolute Gasteiger partial charge is 0.322 e. The lowest BCUT2D eigenvalue weighted by atomic mass is 9.93. The van der Waals surface area contributed by atoms with Gasteiger partial charge in [-0.05, 0) is 54.8 Å². The third-order valence-electron chi connectivity index (χ3n) is 5.92. The summed E-state index contributed by atoms with van der Waals surface area (Å²) >= 11 is 5.88. The largest absolute Gasteiger partial charge is 0.480 e. The van der Waals surface area contributed by atoms with Gasteiger partial charge < -0.3 is 15.7 Å². The summed E-state index contributed by atoms with van der Waals surface area (Å²) in [6.45, 7) is 0.0608. The highest BCUT2D eigenvalue weighted by Gasteiger charge is 2.51. The number of hydrogen-bond donors (Lipinski definition) is 3. The van der Waals surface area contributed by atoms with Crippen molar-refractivity contribution in [3.05, 3.63) is 89.5 Å². The van der Waals surface area contributed by atoms with Crippen molar-refractivity contribution in [1.82, 2.24) is 9.62 Å². The second kappa shape index (κ2) is 9.61. The summed E-state index contributed by atoms with van der Waals surface area (Å²) in [5.41, 5.74) is 1.38. The van der Waals surface area contributed by atoms with Gasteiger partial charge in [-0.1, -0.05) is 54.1 Å². The first kappa shape index (κ1) is 24.0. The Bertz CT molecular complexity index is 1220. The number of rotatable bonds is 6.